The molecular formula is C18H26ClN3O3S. The van der Waals surface area contributed by atoms with Crippen molar-refractivity contribution < 1.29 is 13.2 Å². The molecule has 2 heterocycles. The second-order valence-corrected chi connectivity index (χ2v) is 9.67. The molecule has 2 aliphatic rings. The lowest BCUT2D eigenvalue weighted by Gasteiger charge is -2.33. The molecule has 0 atom stereocenters. The van der Waals surface area contributed by atoms with E-state index >= 15 is 0 Å². The highest BCUT2D eigenvalue weighted by Crippen LogP contribution is 2.27. The van der Waals surface area contributed by atoms with Crippen LogP contribution in [-0.4, -0.2) is 74.7 Å². The Morgan fingerprint density at radius 2 is 1.69 bits per heavy atom. The summed E-state index contributed by atoms with van der Waals surface area (Å²) in [6.45, 7) is 6.01. The molecule has 1 aromatic rings. The minimum absolute atomic E-state index is 0.147. The van der Waals surface area contributed by atoms with Crippen LogP contribution >= 0.6 is 11.6 Å². The second kappa shape index (κ2) is 7.84. The molecule has 26 heavy (non-hydrogen) atoms. The van der Waals surface area contributed by atoms with Gasteiger partial charge in [-0.15, -0.1) is 0 Å². The zero-order valence-corrected chi connectivity index (χ0v) is 16.9. The van der Waals surface area contributed by atoms with Gasteiger partial charge in [-0.05, 0) is 44.0 Å². The molecule has 2 fully saturated rings. The first-order chi connectivity index (χ1) is 12.3. The smallest absolute Gasteiger partial charge is 0.255 e. The minimum Gasteiger partial charge on any atom is -0.336 e. The van der Waals surface area contributed by atoms with E-state index < -0.39 is 10.0 Å². The van der Waals surface area contributed by atoms with Gasteiger partial charge in [0, 0.05) is 39.3 Å². The quantitative estimate of drug-likeness (QED) is 0.781. The Morgan fingerprint density at radius 1 is 1.08 bits per heavy atom. The van der Waals surface area contributed by atoms with Crippen molar-refractivity contribution in [2.24, 2.45) is 5.92 Å². The minimum atomic E-state index is -3.60. The van der Waals surface area contributed by atoms with E-state index in [0.717, 1.165) is 25.9 Å². The third-order valence-electron chi connectivity index (χ3n) is 5.34. The number of sulfonamides is 1. The van der Waals surface area contributed by atoms with Crippen molar-refractivity contribution in [2.75, 3.05) is 46.3 Å². The number of carbonyl (C=O) groups is 1. The van der Waals surface area contributed by atoms with Crippen molar-refractivity contribution in [2.45, 2.75) is 24.7 Å². The predicted molar refractivity (Wildman–Crippen MR) is 102 cm³/mol. The standard InChI is InChI=1S/C18H26ClN3O3S/c1-14-5-7-22(8-6-14)26(24,25)15-3-4-17(19)16(13-15)18(23)21-11-9-20(2)10-12-21/h3-4,13-14H,5-12H2,1-2H3. The third-order valence-corrected chi connectivity index (χ3v) is 7.56. The lowest BCUT2D eigenvalue weighted by molar-refractivity contribution is 0.0664. The summed E-state index contributed by atoms with van der Waals surface area (Å²) >= 11 is 6.23. The van der Waals surface area contributed by atoms with Gasteiger partial charge in [0.2, 0.25) is 10.0 Å². The van der Waals surface area contributed by atoms with Crippen LogP contribution in [0.4, 0.5) is 0 Å². The molecular weight excluding hydrogens is 374 g/mol. The Bertz CT molecular complexity index is 768. The molecule has 2 saturated heterocycles. The first-order valence-corrected chi connectivity index (χ1v) is 10.9. The summed E-state index contributed by atoms with van der Waals surface area (Å²) in [5.74, 6) is 0.341. The first-order valence-electron chi connectivity index (χ1n) is 9.06. The molecule has 8 heteroatoms. The van der Waals surface area contributed by atoms with Crippen LogP contribution in [0.5, 0.6) is 0 Å². The van der Waals surface area contributed by atoms with E-state index in [1.54, 1.807) is 4.90 Å². The monoisotopic (exact) mass is 399 g/mol. The number of hydrogen-bond donors (Lipinski definition) is 0. The Labute approximate surface area is 160 Å². The van der Waals surface area contributed by atoms with Crippen molar-refractivity contribution in [1.82, 2.24) is 14.1 Å². The van der Waals surface area contributed by atoms with Gasteiger partial charge in [-0.2, -0.15) is 4.31 Å². The zero-order valence-electron chi connectivity index (χ0n) is 15.3. The van der Waals surface area contributed by atoms with Gasteiger partial charge in [-0.3, -0.25) is 4.79 Å². The summed E-state index contributed by atoms with van der Waals surface area (Å²) in [6, 6.07) is 4.46. The zero-order chi connectivity index (χ0) is 18.9. The van der Waals surface area contributed by atoms with E-state index in [9.17, 15) is 13.2 Å². The van der Waals surface area contributed by atoms with Crippen molar-refractivity contribution in [3.05, 3.63) is 28.8 Å². The number of likely N-dealkylation sites (N-methyl/N-ethyl adjacent to an activating group) is 1. The van der Waals surface area contributed by atoms with Gasteiger partial charge in [0.15, 0.2) is 0 Å². The first kappa shape index (κ1) is 19.6. The Morgan fingerprint density at radius 3 is 2.31 bits per heavy atom. The molecule has 1 amide bonds. The molecule has 0 spiro atoms. The van der Waals surface area contributed by atoms with Gasteiger partial charge in [-0.1, -0.05) is 18.5 Å². The van der Waals surface area contributed by atoms with E-state index in [1.165, 1.54) is 22.5 Å². The highest BCUT2D eigenvalue weighted by atomic mass is 35.5. The number of piperazine rings is 1. The number of benzene rings is 1. The van der Waals surface area contributed by atoms with Crippen LogP contribution in [0.15, 0.2) is 23.1 Å². The molecule has 0 aromatic heterocycles. The number of carbonyl (C=O) groups excluding carboxylic acids is 1. The highest BCUT2D eigenvalue weighted by molar-refractivity contribution is 7.89. The Hall–Kier alpha value is -1.15. The third kappa shape index (κ3) is 4.06. The molecule has 144 valence electrons. The average molecular weight is 400 g/mol. The molecule has 3 rings (SSSR count). The van der Waals surface area contributed by atoms with E-state index in [-0.39, 0.29) is 16.4 Å². The van der Waals surface area contributed by atoms with Gasteiger partial charge < -0.3 is 9.80 Å². The van der Waals surface area contributed by atoms with Crippen molar-refractivity contribution in [3.63, 3.8) is 0 Å². The summed E-state index contributed by atoms with van der Waals surface area (Å²) in [5, 5.41) is 0.292. The summed E-state index contributed by atoms with van der Waals surface area (Å²) in [5.41, 5.74) is 0.266. The number of piperidine rings is 1. The van der Waals surface area contributed by atoms with Gasteiger partial charge in [-0.25, -0.2) is 8.42 Å². The molecule has 0 saturated carbocycles. The molecule has 0 unspecified atom stereocenters. The number of hydrogen-bond acceptors (Lipinski definition) is 4. The van der Waals surface area contributed by atoms with Gasteiger partial charge in [0.05, 0.1) is 15.5 Å². The van der Waals surface area contributed by atoms with Crippen LogP contribution in [0.25, 0.3) is 0 Å². The summed E-state index contributed by atoms with van der Waals surface area (Å²) in [6.07, 6.45) is 1.72. The largest absolute Gasteiger partial charge is 0.336 e. The molecule has 1 aromatic carbocycles. The predicted octanol–water partition coefficient (Wildman–Crippen LogP) is 2.15. The van der Waals surface area contributed by atoms with Gasteiger partial charge in [0.1, 0.15) is 0 Å². The number of amides is 1. The van der Waals surface area contributed by atoms with E-state index in [4.69, 9.17) is 11.6 Å². The van der Waals surface area contributed by atoms with Crippen LogP contribution < -0.4 is 0 Å². The molecule has 0 aliphatic carbocycles. The molecule has 6 nitrogen and oxygen atoms in total. The summed E-state index contributed by atoms with van der Waals surface area (Å²) < 4.78 is 27.4. The summed E-state index contributed by atoms with van der Waals surface area (Å²) in [4.78, 5) is 16.9. The van der Waals surface area contributed by atoms with Crippen LogP contribution in [0, 0.1) is 5.92 Å². The van der Waals surface area contributed by atoms with Crippen LogP contribution in [0.3, 0.4) is 0 Å². The Balaban J connectivity index is 1.84. The molecule has 0 N–H and O–H groups in total. The van der Waals surface area contributed by atoms with Crippen LogP contribution in [0.2, 0.25) is 5.02 Å². The lowest BCUT2D eigenvalue weighted by Crippen LogP contribution is -2.47. The van der Waals surface area contributed by atoms with Crippen molar-refractivity contribution in [1.29, 1.82) is 0 Å². The van der Waals surface area contributed by atoms with Crippen LogP contribution in [0.1, 0.15) is 30.1 Å². The SMILES string of the molecule is CC1CCN(S(=O)(=O)c2ccc(Cl)c(C(=O)N3CCN(C)CC3)c2)CC1. The molecule has 0 bridgehead atoms. The van der Waals surface area contributed by atoms with E-state index in [2.05, 4.69) is 11.8 Å². The van der Waals surface area contributed by atoms with Crippen molar-refractivity contribution in [3.8, 4) is 0 Å². The molecule has 2 aliphatic heterocycles. The van der Waals surface area contributed by atoms with Gasteiger partial charge in [0.25, 0.3) is 5.91 Å². The van der Waals surface area contributed by atoms with E-state index in [0.29, 0.717) is 37.1 Å². The fourth-order valence-electron chi connectivity index (χ4n) is 3.38. The second-order valence-electron chi connectivity index (χ2n) is 7.32. The van der Waals surface area contributed by atoms with Crippen molar-refractivity contribution >= 4 is 27.5 Å². The maximum Gasteiger partial charge on any atom is 0.255 e. The maximum atomic E-state index is 13.0. The number of halogens is 1. The van der Waals surface area contributed by atoms with Gasteiger partial charge >= 0.3 is 0 Å². The maximum absolute atomic E-state index is 13.0. The molecule has 0 radical (unpaired) electrons. The number of rotatable bonds is 3. The topological polar surface area (TPSA) is 60.9 Å². The highest BCUT2D eigenvalue weighted by Gasteiger charge is 2.30. The average Bonchev–Trinajstić information content (AvgIpc) is 2.62. The summed E-state index contributed by atoms with van der Waals surface area (Å²) in [7, 11) is -1.59. The fourth-order valence-corrected chi connectivity index (χ4v) is 5.08. The van der Waals surface area contributed by atoms with Crippen LogP contribution in [-0.2, 0) is 10.0 Å². The number of nitrogens with zero attached hydrogens (tertiary/aromatic N) is 3. The van der Waals surface area contributed by atoms with E-state index in [1.807, 2.05) is 7.05 Å². The fraction of sp³-hybridized carbons (Fsp3) is 0.611. The Kier molecular flexibility index (Phi) is 5.91. The normalized spacial score (nSPS) is 21.1. The lowest BCUT2D eigenvalue weighted by atomic mass is 10.0.